The molecule has 0 saturated heterocycles. The number of nitrogens with zero attached hydrogens (tertiary/aromatic N) is 1. The summed E-state index contributed by atoms with van der Waals surface area (Å²) in [5.74, 6) is 0.237. The highest BCUT2D eigenvalue weighted by Gasteiger charge is 2.21. The maximum atomic E-state index is 13.5. The molecule has 2 heterocycles. The Morgan fingerprint density at radius 2 is 1.76 bits per heavy atom. The first-order valence-electron chi connectivity index (χ1n) is 9.31. The van der Waals surface area contributed by atoms with Crippen LogP contribution in [0.5, 0.6) is 5.75 Å². The SMILES string of the molecule is O=C1c2ccccc2COc2ccc(/C=C/c3ccc4ccc(F)cc4n3)cc21. The molecule has 0 amide bonds. The number of rotatable bonds is 2. The lowest BCUT2D eigenvalue weighted by Gasteiger charge is -2.07. The number of ether oxygens (including phenoxy) is 1. The fourth-order valence-corrected chi connectivity index (χ4v) is 3.50. The average molecular weight is 381 g/mol. The lowest BCUT2D eigenvalue weighted by molar-refractivity contribution is 0.103. The van der Waals surface area contributed by atoms with Crippen LogP contribution in [-0.2, 0) is 6.61 Å². The Bertz CT molecular complexity index is 1290. The maximum absolute atomic E-state index is 13.5. The zero-order valence-corrected chi connectivity index (χ0v) is 15.4. The summed E-state index contributed by atoms with van der Waals surface area (Å²) in [6.45, 7) is 0.377. The molecule has 0 N–H and O–H groups in total. The van der Waals surface area contributed by atoms with Gasteiger partial charge < -0.3 is 4.74 Å². The molecule has 4 aromatic rings. The van der Waals surface area contributed by atoms with Crippen molar-refractivity contribution in [3.05, 3.63) is 107 Å². The van der Waals surface area contributed by atoms with Gasteiger partial charge in [0.25, 0.3) is 0 Å². The van der Waals surface area contributed by atoms with Gasteiger partial charge in [0.1, 0.15) is 18.2 Å². The van der Waals surface area contributed by atoms with Crippen molar-refractivity contribution in [2.75, 3.05) is 0 Å². The second kappa shape index (κ2) is 6.99. The quantitative estimate of drug-likeness (QED) is 0.449. The third-order valence-corrected chi connectivity index (χ3v) is 5.02. The van der Waals surface area contributed by atoms with E-state index in [0.29, 0.717) is 34.7 Å². The van der Waals surface area contributed by atoms with Crippen LogP contribution in [0.2, 0.25) is 0 Å². The molecule has 29 heavy (non-hydrogen) atoms. The van der Waals surface area contributed by atoms with E-state index in [0.717, 1.165) is 16.5 Å². The van der Waals surface area contributed by atoms with Gasteiger partial charge in [0, 0.05) is 22.6 Å². The molecule has 0 fully saturated rings. The predicted octanol–water partition coefficient (Wildman–Crippen LogP) is 5.67. The van der Waals surface area contributed by atoms with Crippen LogP contribution in [-0.4, -0.2) is 10.8 Å². The molecule has 3 aromatic carbocycles. The first kappa shape index (κ1) is 17.3. The van der Waals surface area contributed by atoms with Gasteiger partial charge in [0.2, 0.25) is 0 Å². The Morgan fingerprint density at radius 3 is 2.69 bits per heavy atom. The van der Waals surface area contributed by atoms with Crippen LogP contribution in [0.15, 0.2) is 72.8 Å². The second-order valence-corrected chi connectivity index (χ2v) is 6.94. The standard InChI is InChI=1S/C25H16FNO2/c26-19-9-7-17-8-11-20(27-23(17)14-19)10-5-16-6-12-24-22(13-16)25(28)21-4-2-1-3-18(21)15-29-24/h1-14H,15H2/b10-5+. The number of benzene rings is 3. The van der Waals surface area contributed by atoms with E-state index >= 15 is 0 Å². The minimum atomic E-state index is -0.310. The van der Waals surface area contributed by atoms with Gasteiger partial charge in [0.05, 0.1) is 16.8 Å². The van der Waals surface area contributed by atoms with Crippen LogP contribution in [0.1, 0.15) is 32.7 Å². The molecule has 1 aliphatic rings. The van der Waals surface area contributed by atoms with E-state index in [9.17, 15) is 9.18 Å². The van der Waals surface area contributed by atoms with E-state index < -0.39 is 0 Å². The van der Waals surface area contributed by atoms with E-state index in [1.54, 1.807) is 6.07 Å². The van der Waals surface area contributed by atoms with E-state index in [4.69, 9.17) is 4.74 Å². The minimum absolute atomic E-state index is 0.0392. The molecule has 4 heteroatoms. The smallest absolute Gasteiger partial charge is 0.197 e. The lowest BCUT2D eigenvalue weighted by atomic mass is 9.98. The molecule has 0 bridgehead atoms. The summed E-state index contributed by atoms with van der Waals surface area (Å²) in [6.07, 6.45) is 3.74. The van der Waals surface area contributed by atoms with E-state index in [-0.39, 0.29) is 11.6 Å². The van der Waals surface area contributed by atoms with Crippen molar-refractivity contribution < 1.29 is 13.9 Å². The predicted molar refractivity (Wildman–Crippen MR) is 111 cm³/mol. The van der Waals surface area contributed by atoms with Gasteiger partial charge in [-0.2, -0.15) is 0 Å². The Kier molecular flexibility index (Phi) is 4.17. The maximum Gasteiger partial charge on any atom is 0.197 e. The molecule has 1 aliphatic heterocycles. The van der Waals surface area contributed by atoms with Crippen LogP contribution >= 0.6 is 0 Å². The number of halogens is 1. The molecule has 0 unspecified atom stereocenters. The molecule has 5 rings (SSSR count). The van der Waals surface area contributed by atoms with Crippen molar-refractivity contribution in [3.63, 3.8) is 0 Å². The highest BCUT2D eigenvalue weighted by atomic mass is 19.1. The third kappa shape index (κ3) is 3.29. The summed E-state index contributed by atoms with van der Waals surface area (Å²) >= 11 is 0. The zero-order chi connectivity index (χ0) is 19.8. The number of carbonyl (C=O) groups excluding carboxylic acids is 1. The van der Waals surface area contributed by atoms with Gasteiger partial charge in [-0.3, -0.25) is 4.79 Å². The molecular weight excluding hydrogens is 365 g/mol. The van der Waals surface area contributed by atoms with Crippen LogP contribution in [0.4, 0.5) is 4.39 Å². The van der Waals surface area contributed by atoms with Crippen LogP contribution in [0, 0.1) is 5.82 Å². The van der Waals surface area contributed by atoms with Crippen molar-refractivity contribution in [2.45, 2.75) is 6.61 Å². The third-order valence-electron chi connectivity index (χ3n) is 5.02. The summed E-state index contributed by atoms with van der Waals surface area (Å²) in [7, 11) is 0. The average Bonchev–Trinajstić information content (AvgIpc) is 2.89. The van der Waals surface area contributed by atoms with Crippen molar-refractivity contribution in [1.29, 1.82) is 0 Å². The topological polar surface area (TPSA) is 39.2 Å². The Morgan fingerprint density at radius 1 is 0.897 bits per heavy atom. The lowest BCUT2D eigenvalue weighted by Crippen LogP contribution is -2.02. The Hall–Kier alpha value is -3.79. The molecule has 3 nitrogen and oxygen atoms in total. The Labute approximate surface area is 167 Å². The van der Waals surface area contributed by atoms with Gasteiger partial charge in [-0.25, -0.2) is 9.37 Å². The van der Waals surface area contributed by atoms with E-state index in [1.165, 1.54) is 12.1 Å². The van der Waals surface area contributed by atoms with Crippen LogP contribution in [0.3, 0.4) is 0 Å². The van der Waals surface area contributed by atoms with Gasteiger partial charge in [-0.15, -0.1) is 0 Å². The highest BCUT2D eigenvalue weighted by molar-refractivity contribution is 6.12. The molecule has 140 valence electrons. The molecule has 0 aliphatic carbocycles. The first-order valence-corrected chi connectivity index (χ1v) is 9.31. The van der Waals surface area contributed by atoms with Crippen LogP contribution in [0.25, 0.3) is 23.1 Å². The summed E-state index contributed by atoms with van der Waals surface area (Å²) in [5.41, 5.74) is 4.29. The van der Waals surface area contributed by atoms with E-state index in [2.05, 4.69) is 4.98 Å². The van der Waals surface area contributed by atoms with Gasteiger partial charge in [-0.05, 0) is 42.0 Å². The molecule has 0 radical (unpaired) electrons. The van der Waals surface area contributed by atoms with Crippen molar-refractivity contribution in [3.8, 4) is 5.75 Å². The number of hydrogen-bond donors (Lipinski definition) is 0. The summed E-state index contributed by atoms with van der Waals surface area (Å²) in [4.78, 5) is 17.5. The molecule has 1 aromatic heterocycles. The Balaban J connectivity index is 1.49. The van der Waals surface area contributed by atoms with E-state index in [1.807, 2.05) is 66.7 Å². The van der Waals surface area contributed by atoms with Crippen LogP contribution < -0.4 is 4.74 Å². The fourth-order valence-electron chi connectivity index (χ4n) is 3.50. The summed E-state index contributed by atoms with van der Waals surface area (Å²) < 4.78 is 19.3. The highest BCUT2D eigenvalue weighted by Crippen LogP contribution is 2.29. The number of aromatic nitrogens is 1. The monoisotopic (exact) mass is 381 g/mol. The molecule has 0 atom stereocenters. The van der Waals surface area contributed by atoms with Crippen molar-refractivity contribution in [2.24, 2.45) is 0 Å². The van der Waals surface area contributed by atoms with Crippen molar-refractivity contribution >= 4 is 28.8 Å². The van der Waals surface area contributed by atoms with Crippen molar-refractivity contribution in [1.82, 2.24) is 4.98 Å². The second-order valence-electron chi connectivity index (χ2n) is 6.94. The number of ketones is 1. The van der Waals surface area contributed by atoms with Gasteiger partial charge >= 0.3 is 0 Å². The van der Waals surface area contributed by atoms with Gasteiger partial charge in [0.15, 0.2) is 5.78 Å². The number of pyridine rings is 1. The fraction of sp³-hybridized carbons (Fsp3) is 0.0400. The zero-order valence-electron chi connectivity index (χ0n) is 15.4. The minimum Gasteiger partial charge on any atom is -0.488 e. The number of fused-ring (bicyclic) bond motifs is 3. The molecule has 0 spiro atoms. The van der Waals surface area contributed by atoms with Gasteiger partial charge in [-0.1, -0.05) is 42.5 Å². The number of carbonyl (C=O) groups is 1. The largest absolute Gasteiger partial charge is 0.488 e. The summed E-state index contributed by atoms with van der Waals surface area (Å²) in [6, 6.07) is 21.4. The first-order chi connectivity index (χ1) is 14.2. The summed E-state index contributed by atoms with van der Waals surface area (Å²) in [5, 5.41) is 0.884. The molecule has 0 saturated carbocycles. The molecular formula is C25H16FNO2. The normalized spacial score (nSPS) is 13.1. The number of hydrogen-bond acceptors (Lipinski definition) is 3.